The number of piperidine rings is 1. The number of alkyl halides is 3. The molecule has 2 aliphatic heterocycles. The Kier molecular flexibility index (Phi) is 6.26. The highest BCUT2D eigenvalue weighted by molar-refractivity contribution is 6.05. The van der Waals surface area contributed by atoms with Crippen molar-refractivity contribution < 1.29 is 18.0 Å². The van der Waals surface area contributed by atoms with E-state index < -0.39 is 17.6 Å². The number of rotatable bonds is 4. The number of benzene rings is 1. The Bertz CT molecular complexity index is 1330. The molecule has 185 valence electrons. The first-order valence-electron chi connectivity index (χ1n) is 11.8. The van der Waals surface area contributed by atoms with Crippen molar-refractivity contribution in [3.05, 3.63) is 76.7 Å². The number of anilines is 2. The van der Waals surface area contributed by atoms with Crippen LogP contribution < -0.4 is 10.6 Å². The highest BCUT2D eigenvalue weighted by Gasteiger charge is 2.36. The van der Waals surface area contributed by atoms with Crippen molar-refractivity contribution in [2.75, 3.05) is 25.5 Å². The van der Waals surface area contributed by atoms with Crippen LogP contribution in [0.1, 0.15) is 51.5 Å². The van der Waals surface area contributed by atoms with E-state index >= 15 is 0 Å². The molecule has 2 aromatic heterocycles. The van der Waals surface area contributed by atoms with Gasteiger partial charge in [-0.2, -0.15) is 13.2 Å². The molecule has 1 radical (unpaired) electrons. The predicted molar refractivity (Wildman–Crippen MR) is 132 cm³/mol. The van der Waals surface area contributed by atoms with Gasteiger partial charge in [0.1, 0.15) is 5.82 Å². The van der Waals surface area contributed by atoms with Gasteiger partial charge in [-0.15, -0.1) is 0 Å². The highest BCUT2D eigenvalue weighted by Crippen LogP contribution is 2.41. The molecule has 5 rings (SSSR count). The summed E-state index contributed by atoms with van der Waals surface area (Å²) in [6.45, 7) is 3.39. The molecular formula is C27H25F3N5O. The van der Waals surface area contributed by atoms with Crippen LogP contribution in [0.15, 0.2) is 48.8 Å². The summed E-state index contributed by atoms with van der Waals surface area (Å²) < 4.78 is 42.3. The van der Waals surface area contributed by atoms with Crippen LogP contribution in [-0.4, -0.2) is 40.9 Å². The predicted octanol–water partition coefficient (Wildman–Crippen LogP) is 5.75. The SMILES string of the molecule is Cc1ccc(-c2cc3c(c(Nc4ccc(C5CCN(C)CC5)c(C(F)(F)F)c4)n2)C(=O)[N]C=C3)cn1. The van der Waals surface area contributed by atoms with E-state index in [9.17, 15) is 18.0 Å². The molecule has 1 fully saturated rings. The van der Waals surface area contributed by atoms with Gasteiger partial charge in [0.2, 0.25) is 0 Å². The van der Waals surface area contributed by atoms with Crippen LogP contribution in [0.2, 0.25) is 0 Å². The van der Waals surface area contributed by atoms with E-state index in [4.69, 9.17) is 0 Å². The molecule has 0 spiro atoms. The topological polar surface area (TPSA) is 72.2 Å². The second-order valence-corrected chi connectivity index (χ2v) is 9.26. The number of aryl methyl sites for hydroxylation is 1. The third-order valence-corrected chi connectivity index (χ3v) is 6.70. The molecule has 0 unspecified atom stereocenters. The van der Waals surface area contributed by atoms with Crippen LogP contribution in [-0.2, 0) is 6.18 Å². The molecule has 1 N–H and O–H groups in total. The summed E-state index contributed by atoms with van der Waals surface area (Å²) in [4.78, 5) is 23.6. The number of carbonyl (C=O) groups excluding carboxylic acids is 1. The van der Waals surface area contributed by atoms with Crippen LogP contribution in [0.3, 0.4) is 0 Å². The minimum Gasteiger partial charge on any atom is -0.340 e. The Hall–Kier alpha value is -3.72. The molecule has 1 aromatic carbocycles. The summed E-state index contributed by atoms with van der Waals surface area (Å²) >= 11 is 0. The number of nitrogens with one attached hydrogen (secondary N) is 1. The molecule has 0 aliphatic carbocycles. The van der Waals surface area contributed by atoms with Gasteiger partial charge in [-0.05, 0) is 93.4 Å². The summed E-state index contributed by atoms with van der Waals surface area (Å²) in [6.07, 6.45) is 1.60. The zero-order valence-electron chi connectivity index (χ0n) is 19.9. The van der Waals surface area contributed by atoms with Crippen LogP contribution >= 0.6 is 0 Å². The number of hydrogen-bond acceptors (Lipinski definition) is 5. The van der Waals surface area contributed by atoms with Crippen molar-refractivity contribution in [3.63, 3.8) is 0 Å². The second kappa shape index (κ2) is 9.39. The van der Waals surface area contributed by atoms with Crippen molar-refractivity contribution in [3.8, 4) is 11.3 Å². The van der Waals surface area contributed by atoms with Gasteiger partial charge in [0.15, 0.2) is 0 Å². The Balaban J connectivity index is 1.55. The number of halogens is 3. The molecule has 9 heteroatoms. The average molecular weight is 493 g/mol. The maximum atomic E-state index is 14.1. The minimum absolute atomic E-state index is 0.152. The molecule has 1 saturated heterocycles. The quantitative estimate of drug-likeness (QED) is 0.502. The number of carbonyl (C=O) groups is 1. The molecule has 0 bridgehead atoms. The third kappa shape index (κ3) is 4.83. The van der Waals surface area contributed by atoms with Gasteiger partial charge in [0, 0.05) is 29.3 Å². The Morgan fingerprint density at radius 1 is 1.08 bits per heavy atom. The lowest BCUT2D eigenvalue weighted by molar-refractivity contribution is -0.138. The number of hydrogen-bond donors (Lipinski definition) is 1. The fraction of sp³-hybridized carbons (Fsp3) is 0.296. The van der Waals surface area contributed by atoms with Gasteiger partial charge in [-0.3, -0.25) is 9.78 Å². The van der Waals surface area contributed by atoms with Crippen LogP contribution in [0.25, 0.3) is 17.3 Å². The minimum atomic E-state index is -4.51. The first-order chi connectivity index (χ1) is 17.2. The van der Waals surface area contributed by atoms with Gasteiger partial charge in [0.25, 0.3) is 5.91 Å². The first kappa shape index (κ1) is 24.0. The normalized spacial score (nSPS) is 16.5. The van der Waals surface area contributed by atoms with E-state index in [-0.39, 0.29) is 23.0 Å². The zero-order chi connectivity index (χ0) is 25.4. The van der Waals surface area contributed by atoms with Gasteiger partial charge >= 0.3 is 6.18 Å². The lowest BCUT2D eigenvalue weighted by Crippen LogP contribution is -2.30. The van der Waals surface area contributed by atoms with Crippen molar-refractivity contribution in [2.45, 2.75) is 31.9 Å². The molecular weight excluding hydrogens is 467 g/mol. The number of nitrogens with zero attached hydrogens (tertiary/aromatic N) is 4. The molecule has 36 heavy (non-hydrogen) atoms. The number of pyridine rings is 2. The molecule has 2 aliphatic rings. The number of amides is 1. The van der Waals surface area contributed by atoms with Crippen molar-refractivity contribution in [1.29, 1.82) is 0 Å². The summed E-state index contributed by atoms with van der Waals surface area (Å²) in [5.74, 6) is -0.503. The molecule has 0 atom stereocenters. The summed E-state index contributed by atoms with van der Waals surface area (Å²) in [5.41, 5.74) is 2.76. The van der Waals surface area contributed by atoms with Crippen molar-refractivity contribution in [2.24, 2.45) is 0 Å². The van der Waals surface area contributed by atoms with Crippen LogP contribution in [0.5, 0.6) is 0 Å². The van der Waals surface area contributed by atoms with Crippen molar-refractivity contribution >= 4 is 23.5 Å². The summed E-state index contributed by atoms with van der Waals surface area (Å²) in [5, 5.41) is 6.81. The lowest BCUT2D eigenvalue weighted by atomic mass is 9.86. The van der Waals surface area contributed by atoms with Crippen LogP contribution in [0, 0.1) is 6.92 Å². The van der Waals surface area contributed by atoms with E-state index in [2.05, 4.69) is 25.5 Å². The fourth-order valence-electron chi connectivity index (χ4n) is 4.72. The van der Waals surface area contributed by atoms with E-state index in [0.717, 1.165) is 30.4 Å². The standard InChI is InChI=1S/C27H25F3N5O/c1-16-3-4-19(15-32-16)23-13-18-7-10-31-26(36)24(18)25(34-23)33-20-5-6-21(22(14-20)27(28,29)30)17-8-11-35(2)12-9-17/h3-7,10,13-15,17H,8-9,11-12H2,1-2H3,(H,33,34). The van der Waals surface area contributed by atoms with E-state index in [1.165, 1.54) is 6.20 Å². The van der Waals surface area contributed by atoms with Gasteiger partial charge in [-0.1, -0.05) is 6.07 Å². The number of fused-ring (bicyclic) bond motifs is 1. The third-order valence-electron chi connectivity index (χ3n) is 6.70. The van der Waals surface area contributed by atoms with Gasteiger partial charge in [-0.25, -0.2) is 10.3 Å². The van der Waals surface area contributed by atoms with E-state index in [0.29, 0.717) is 29.7 Å². The van der Waals surface area contributed by atoms with Gasteiger partial charge < -0.3 is 10.2 Å². The number of aromatic nitrogens is 2. The summed E-state index contributed by atoms with van der Waals surface area (Å²) in [6, 6.07) is 9.74. The first-order valence-corrected chi connectivity index (χ1v) is 11.8. The Morgan fingerprint density at radius 2 is 1.86 bits per heavy atom. The smallest absolute Gasteiger partial charge is 0.340 e. The van der Waals surface area contributed by atoms with E-state index in [1.807, 2.05) is 26.1 Å². The Morgan fingerprint density at radius 3 is 2.56 bits per heavy atom. The molecule has 0 saturated carbocycles. The average Bonchev–Trinajstić information content (AvgIpc) is 2.84. The monoisotopic (exact) mass is 492 g/mol. The highest BCUT2D eigenvalue weighted by atomic mass is 19.4. The fourth-order valence-corrected chi connectivity index (χ4v) is 4.72. The molecule has 4 heterocycles. The molecule has 3 aromatic rings. The van der Waals surface area contributed by atoms with E-state index in [1.54, 1.807) is 30.5 Å². The van der Waals surface area contributed by atoms with Crippen LogP contribution in [0.4, 0.5) is 24.7 Å². The molecule has 1 amide bonds. The maximum Gasteiger partial charge on any atom is 0.416 e. The Labute approximate surface area is 207 Å². The maximum absolute atomic E-state index is 14.1. The van der Waals surface area contributed by atoms with Gasteiger partial charge in [0.05, 0.1) is 16.8 Å². The molecule has 6 nitrogen and oxygen atoms in total. The van der Waals surface area contributed by atoms with Crippen molar-refractivity contribution in [1.82, 2.24) is 20.2 Å². The number of likely N-dealkylation sites (tertiary alicyclic amines) is 1. The lowest BCUT2D eigenvalue weighted by Gasteiger charge is -2.31. The summed E-state index contributed by atoms with van der Waals surface area (Å²) in [7, 11) is 1.98. The second-order valence-electron chi connectivity index (χ2n) is 9.26. The largest absolute Gasteiger partial charge is 0.416 e. The zero-order valence-corrected chi connectivity index (χ0v) is 19.9.